The Kier molecular flexibility index (Phi) is 5.23. The van der Waals surface area contributed by atoms with Crippen molar-refractivity contribution in [1.82, 2.24) is 24.5 Å². The molecular weight excluding hydrogens is 358 g/mol. The fourth-order valence-electron chi connectivity index (χ4n) is 3.15. The minimum absolute atomic E-state index is 0.113. The van der Waals surface area contributed by atoms with Crippen molar-refractivity contribution in [2.75, 3.05) is 13.1 Å². The number of hydrogen-bond donors (Lipinski definition) is 0. The summed E-state index contributed by atoms with van der Waals surface area (Å²) in [5, 5.41) is 8.67. The van der Waals surface area contributed by atoms with Crippen LogP contribution in [0.5, 0.6) is 0 Å². The average Bonchev–Trinajstić information content (AvgIpc) is 2.57. The third-order valence-corrected chi connectivity index (χ3v) is 4.84. The first kappa shape index (κ1) is 20.0. The van der Waals surface area contributed by atoms with E-state index in [1.807, 2.05) is 13.8 Å². The number of carbonyl (C=O) groups is 1. The Bertz CT molecular complexity index is 994. The van der Waals surface area contributed by atoms with Gasteiger partial charge in [0.2, 0.25) is 0 Å². The van der Waals surface area contributed by atoms with E-state index in [2.05, 4.69) is 31.0 Å². The van der Waals surface area contributed by atoms with Crippen LogP contribution in [0.15, 0.2) is 33.9 Å². The Hall–Kier alpha value is -2.77. The van der Waals surface area contributed by atoms with E-state index < -0.39 is 0 Å². The first-order valence-electron chi connectivity index (χ1n) is 9.54. The predicted molar refractivity (Wildman–Crippen MR) is 105 cm³/mol. The summed E-state index contributed by atoms with van der Waals surface area (Å²) in [4.78, 5) is 38.2. The summed E-state index contributed by atoms with van der Waals surface area (Å²) in [6.45, 7) is 11.4. The van der Waals surface area contributed by atoms with Gasteiger partial charge in [0.1, 0.15) is 5.69 Å². The van der Waals surface area contributed by atoms with Crippen LogP contribution >= 0.6 is 0 Å². The minimum atomic E-state index is -0.225. The molecule has 3 rings (SSSR count). The van der Waals surface area contributed by atoms with Gasteiger partial charge in [-0.2, -0.15) is 10.2 Å². The van der Waals surface area contributed by atoms with Crippen molar-refractivity contribution < 1.29 is 4.79 Å². The lowest BCUT2D eigenvalue weighted by atomic mass is 9.92. The first-order chi connectivity index (χ1) is 13.1. The first-order valence-corrected chi connectivity index (χ1v) is 9.54. The van der Waals surface area contributed by atoms with E-state index in [1.165, 1.54) is 21.5 Å². The average molecular weight is 385 g/mol. The van der Waals surface area contributed by atoms with Crippen molar-refractivity contribution in [3.63, 3.8) is 0 Å². The molecule has 28 heavy (non-hydrogen) atoms. The molecule has 0 spiro atoms. The largest absolute Gasteiger partial charge is 0.336 e. The molecule has 8 nitrogen and oxygen atoms in total. The molecule has 0 unspecified atom stereocenters. The van der Waals surface area contributed by atoms with Gasteiger partial charge < -0.3 is 4.90 Å². The smallest absolute Gasteiger partial charge is 0.274 e. The van der Waals surface area contributed by atoms with E-state index in [4.69, 9.17) is 0 Å². The normalized spacial score (nSPS) is 15.0. The number of aromatic nitrogens is 4. The van der Waals surface area contributed by atoms with Crippen LogP contribution in [0.25, 0.3) is 0 Å². The Morgan fingerprint density at radius 3 is 2.32 bits per heavy atom. The SMILES string of the molecule is CC(C)n1nc(C(=O)N2CC(Cn3nc(C(C)(C)C)ccc3=O)C2)ccc1=O. The van der Waals surface area contributed by atoms with Crippen LogP contribution in [-0.4, -0.2) is 43.5 Å². The molecule has 2 aromatic heterocycles. The van der Waals surface area contributed by atoms with E-state index in [1.54, 1.807) is 17.0 Å². The van der Waals surface area contributed by atoms with Crippen LogP contribution in [0.4, 0.5) is 0 Å². The molecule has 0 aromatic carbocycles. The Morgan fingerprint density at radius 1 is 1.07 bits per heavy atom. The van der Waals surface area contributed by atoms with Crippen molar-refractivity contribution in [2.45, 2.75) is 52.6 Å². The molecule has 2 aromatic rings. The second-order valence-corrected chi connectivity index (χ2v) is 8.66. The van der Waals surface area contributed by atoms with Gasteiger partial charge in [-0.05, 0) is 26.0 Å². The number of amides is 1. The Labute approximate surface area is 163 Å². The van der Waals surface area contributed by atoms with Crippen molar-refractivity contribution in [3.8, 4) is 0 Å². The Morgan fingerprint density at radius 2 is 1.71 bits per heavy atom. The topological polar surface area (TPSA) is 90.1 Å². The molecule has 0 bridgehead atoms. The molecule has 1 fully saturated rings. The minimum Gasteiger partial charge on any atom is -0.336 e. The quantitative estimate of drug-likeness (QED) is 0.795. The molecule has 0 saturated carbocycles. The number of rotatable bonds is 4. The molecule has 8 heteroatoms. The molecule has 0 N–H and O–H groups in total. The van der Waals surface area contributed by atoms with Crippen LogP contribution in [-0.2, 0) is 12.0 Å². The van der Waals surface area contributed by atoms with Gasteiger partial charge in [0.15, 0.2) is 0 Å². The highest BCUT2D eigenvalue weighted by atomic mass is 16.2. The van der Waals surface area contributed by atoms with Crippen molar-refractivity contribution in [2.24, 2.45) is 5.92 Å². The van der Waals surface area contributed by atoms with Gasteiger partial charge in [0.05, 0.1) is 18.3 Å². The van der Waals surface area contributed by atoms with Crippen LogP contribution in [0.3, 0.4) is 0 Å². The monoisotopic (exact) mass is 385 g/mol. The number of likely N-dealkylation sites (tertiary alicyclic amines) is 1. The maximum atomic E-state index is 12.6. The molecule has 0 radical (unpaired) electrons. The summed E-state index contributed by atoms with van der Waals surface area (Å²) in [7, 11) is 0. The van der Waals surface area contributed by atoms with Crippen LogP contribution < -0.4 is 11.1 Å². The lowest BCUT2D eigenvalue weighted by Gasteiger charge is -2.39. The van der Waals surface area contributed by atoms with Gasteiger partial charge in [0, 0.05) is 36.6 Å². The fourth-order valence-corrected chi connectivity index (χ4v) is 3.15. The highest BCUT2D eigenvalue weighted by Crippen LogP contribution is 2.21. The van der Waals surface area contributed by atoms with Gasteiger partial charge in [-0.15, -0.1) is 0 Å². The van der Waals surface area contributed by atoms with Crippen LogP contribution in [0, 0.1) is 5.92 Å². The van der Waals surface area contributed by atoms with Gasteiger partial charge in [-0.1, -0.05) is 20.8 Å². The summed E-state index contributed by atoms with van der Waals surface area (Å²) in [6.07, 6.45) is 0. The zero-order valence-corrected chi connectivity index (χ0v) is 17.0. The molecule has 0 atom stereocenters. The van der Waals surface area contributed by atoms with Crippen LogP contribution in [0.2, 0.25) is 0 Å². The molecule has 1 aliphatic heterocycles. The highest BCUT2D eigenvalue weighted by Gasteiger charge is 2.33. The molecule has 1 aliphatic rings. The summed E-state index contributed by atoms with van der Waals surface area (Å²) in [5.74, 6) is -0.0326. The molecular formula is C20H27N5O3. The van der Waals surface area contributed by atoms with E-state index in [9.17, 15) is 14.4 Å². The van der Waals surface area contributed by atoms with E-state index >= 15 is 0 Å². The van der Waals surface area contributed by atoms with Gasteiger partial charge in [0.25, 0.3) is 17.0 Å². The Balaban J connectivity index is 1.67. The predicted octanol–water partition coefficient (Wildman–Crippen LogP) is 1.45. The summed E-state index contributed by atoms with van der Waals surface area (Å²) < 4.78 is 2.80. The van der Waals surface area contributed by atoms with E-state index in [0.717, 1.165) is 5.69 Å². The maximum absolute atomic E-state index is 12.6. The second-order valence-electron chi connectivity index (χ2n) is 8.66. The zero-order valence-electron chi connectivity index (χ0n) is 17.0. The van der Waals surface area contributed by atoms with E-state index in [-0.39, 0.29) is 40.1 Å². The second kappa shape index (κ2) is 7.33. The van der Waals surface area contributed by atoms with Gasteiger partial charge in [-0.25, -0.2) is 9.36 Å². The molecule has 3 heterocycles. The lowest BCUT2D eigenvalue weighted by Crippen LogP contribution is -2.52. The maximum Gasteiger partial charge on any atom is 0.274 e. The summed E-state index contributed by atoms with van der Waals surface area (Å²) in [5.41, 5.74) is 0.624. The van der Waals surface area contributed by atoms with Crippen molar-refractivity contribution in [1.29, 1.82) is 0 Å². The van der Waals surface area contributed by atoms with Gasteiger partial charge in [-0.3, -0.25) is 14.4 Å². The molecule has 1 amide bonds. The number of hydrogen-bond acceptors (Lipinski definition) is 5. The van der Waals surface area contributed by atoms with Gasteiger partial charge >= 0.3 is 0 Å². The van der Waals surface area contributed by atoms with E-state index in [0.29, 0.717) is 19.6 Å². The molecule has 150 valence electrons. The summed E-state index contributed by atoms with van der Waals surface area (Å²) >= 11 is 0. The van der Waals surface area contributed by atoms with Crippen LogP contribution in [0.1, 0.15) is 56.8 Å². The fraction of sp³-hybridized carbons (Fsp3) is 0.550. The zero-order chi connectivity index (χ0) is 20.6. The third-order valence-electron chi connectivity index (χ3n) is 4.84. The number of carbonyl (C=O) groups excluding carboxylic acids is 1. The van der Waals surface area contributed by atoms with Crippen molar-refractivity contribution in [3.05, 3.63) is 56.4 Å². The summed E-state index contributed by atoms with van der Waals surface area (Å²) in [6, 6.07) is 6.05. The standard InChI is InChI=1S/C20H27N5O3/c1-13(2)25-18(27)8-6-15(21-25)19(28)23-10-14(11-23)12-24-17(26)9-7-16(22-24)20(3,4)5/h6-9,13-14H,10-12H2,1-5H3. The number of nitrogens with zero attached hydrogens (tertiary/aromatic N) is 5. The highest BCUT2D eigenvalue weighted by molar-refractivity contribution is 5.92. The lowest BCUT2D eigenvalue weighted by molar-refractivity contribution is 0.0448. The van der Waals surface area contributed by atoms with Crippen molar-refractivity contribution >= 4 is 5.91 Å². The molecule has 0 aliphatic carbocycles. The third kappa shape index (κ3) is 4.05. The molecule has 1 saturated heterocycles.